The number of rotatable bonds is 3. The molecule has 0 spiro atoms. The summed E-state index contributed by atoms with van der Waals surface area (Å²) in [5.74, 6) is 2.86. The summed E-state index contributed by atoms with van der Waals surface area (Å²) in [5.41, 5.74) is 5.99. The quantitative estimate of drug-likeness (QED) is 0.835. The fourth-order valence-electron chi connectivity index (χ4n) is 5.91. The molecule has 0 aromatic rings. The third kappa shape index (κ3) is 2.90. The van der Waals surface area contributed by atoms with Crippen LogP contribution in [0.1, 0.15) is 51.4 Å². The van der Waals surface area contributed by atoms with Gasteiger partial charge < -0.3 is 15.8 Å². The molecule has 4 saturated carbocycles. The van der Waals surface area contributed by atoms with Gasteiger partial charge in [-0.05, 0) is 74.5 Å². The third-order valence-electron chi connectivity index (χ3n) is 6.63. The Morgan fingerprint density at radius 3 is 2.05 bits per heavy atom. The molecule has 0 radical (unpaired) electrons. The highest BCUT2D eigenvalue weighted by Crippen LogP contribution is 2.59. The molecule has 1 amide bonds. The van der Waals surface area contributed by atoms with Crippen molar-refractivity contribution >= 4 is 18.3 Å². The predicted molar refractivity (Wildman–Crippen MR) is 87.8 cm³/mol. The molecule has 0 unspecified atom stereocenters. The first-order valence-electron chi connectivity index (χ1n) is 8.72. The Bertz CT molecular complexity index is 399. The van der Waals surface area contributed by atoms with E-state index in [0.29, 0.717) is 31.5 Å². The zero-order valence-corrected chi connectivity index (χ0v) is 14.1. The minimum absolute atomic E-state index is 0. The Hall–Kier alpha value is -0.320. The van der Waals surface area contributed by atoms with E-state index in [0.717, 1.165) is 24.3 Å². The summed E-state index contributed by atoms with van der Waals surface area (Å²) in [7, 11) is 0. The molecule has 4 aliphatic carbocycles. The number of ether oxygens (including phenoxy) is 1. The fourth-order valence-corrected chi connectivity index (χ4v) is 5.91. The van der Waals surface area contributed by atoms with E-state index in [2.05, 4.69) is 5.32 Å². The van der Waals surface area contributed by atoms with E-state index in [1.54, 1.807) is 0 Å². The van der Waals surface area contributed by atoms with Crippen LogP contribution >= 0.6 is 12.4 Å². The number of nitrogens with one attached hydrogen (secondary N) is 1. The average Bonchev–Trinajstić information content (AvgIpc) is 2.44. The summed E-state index contributed by atoms with van der Waals surface area (Å²) in [4.78, 5) is 12.5. The topological polar surface area (TPSA) is 64.4 Å². The molecule has 4 nitrogen and oxygen atoms in total. The average molecular weight is 329 g/mol. The summed E-state index contributed by atoms with van der Waals surface area (Å²) in [6.07, 6.45) is 9.65. The smallest absolute Gasteiger partial charge is 0.240 e. The molecular weight excluding hydrogens is 300 g/mol. The van der Waals surface area contributed by atoms with Crippen LogP contribution in [0.5, 0.6) is 0 Å². The zero-order valence-electron chi connectivity index (χ0n) is 13.3. The van der Waals surface area contributed by atoms with Gasteiger partial charge in [0.25, 0.3) is 0 Å². The number of nitrogens with two attached hydrogens (primary N) is 1. The minimum atomic E-state index is -0.694. The summed E-state index contributed by atoms with van der Waals surface area (Å²) >= 11 is 0. The van der Waals surface area contributed by atoms with Crippen molar-refractivity contribution < 1.29 is 9.53 Å². The van der Waals surface area contributed by atoms with Gasteiger partial charge in [-0.1, -0.05) is 0 Å². The van der Waals surface area contributed by atoms with E-state index in [1.807, 2.05) is 0 Å². The molecule has 126 valence electrons. The van der Waals surface area contributed by atoms with Gasteiger partial charge >= 0.3 is 0 Å². The van der Waals surface area contributed by atoms with Crippen molar-refractivity contribution in [2.45, 2.75) is 56.9 Å². The van der Waals surface area contributed by atoms with Crippen LogP contribution in [0.15, 0.2) is 0 Å². The summed E-state index contributed by atoms with van der Waals surface area (Å²) in [5, 5.41) is 3.23. The van der Waals surface area contributed by atoms with Gasteiger partial charge in [0.15, 0.2) is 0 Å². The van der Waals surface area contributed by atoms with Crippen molar-refractivity contribution in [1.29, 1.82) is 0 Å². The lowest BCUT2D eigenvalue weighted by Crippen LogP contribution is -2.59. The number of hydrogen-bond acceptors (Lipinski definition) is 3. The van der Waals surface area contributed by atoms with Gasteiger partial charge in [-0.25, -0.2) is 0 Å². The second-order valence-corrected chi connectivity index (χ2v) is 8.37. The van der Waals surface area contributed by atoms with Crippen LogP contribution in [0.3, 0.4) is 0 Å². The fraction of sp³-hybridized carbons (Fsp3) is 0.941. The number of carbonyl (C=O) groups excluding carboxylic acids is 1. The lowest BCUT2D eigenvalue weighted by Gasteiger charge is -2.57. The molecule has 1 heterocycles. The molecule has 3 N–H and O–H groups in total. The Labute approximate surface area is 139 Å². The van der Waals surface area contributed by atoms with E-state index in [1.165, 1.54) is 38.5 Å². The summed E-state index contributed by atoms with van der Waals surface area (Å²) in [6, 6.07) is 0. The molecule has 5 heteroatoms. The van der Waals surface area contributed by atoms with Crippen LogP contribution in [0.2, 0.25) is 0 Å². The highest BCUT2D eigenvalue weighted by Gasteiger charge is 2.51. The number of halogens is 1. The second-order valence-electron chi connectivity index (χ2n) is 8.37. The first-order chi connectivity index (χ1) is 10.1. The summed E-state index contributed by atoms with van der Waals surface area (Å²) < 4.78 is 5.33. The second kappa shape index (κ2) is 5.95. The molecular formula is C17H29ClN2O2. The monoisotopic (exact) mass is 328 g/mol. The van der Waals surface area contributed by atoms with Crippen LogP contribution in [0.4, 0.5) is 0 Å². The van der Waals surface area contributed by atoms with Crippen LogP contribution in [-0.2, 0) is 9.53 Å². The van der Waals surface area contributed by atoms with Gasteiger partial charge in [-0.3, -0.25) is 4.79 Å². The van der Waals surface area contributed by atoms with Crippen molar-refractivity contribution in [2.75, 3.05) is 19.8 Å². The molecule has 0 atom stereocenters. The van der Waals surface area contributed by atoms with E-state index >= 15 is 0 Å². The Kier molecular flexibility index (Phi) is 4.47. The van der Waals surface area contributed by atoms with E-state index < -0.39 is 5.54 Å². The first-order valence-corrected chi connectivity index (χ1v) is 8.72. The lowest BCUT2D eigenvalue weighted by molar-refractivity contribution is -0.131. The number of carbonyl (C=O) groups is 1. The first kappa shape index (κ1) is 16.5. The SMILES string of the molecule is Cl.NC1(C(=O)NCC23CC4CC(CC(C4)C2)C3)CCOCC1. The van der Waals surface area contributed by atoms with E-state index in [-0.39, 0.29) is 18.3 Å². The molecule has 5 aliphatic rings. The van der Waals surface area contributed by atoms with Crippen molar-refractivity contribution in [1.82, 2.24) is 5.32 Å². The Morgan fingerprint density at radius 1 is 1.05 bits per heavy atom. The van der Waals surface area contributed by atoms with Crippen LogP contribution in [-0.4, -0.2) is 31.2 Å². The van der Waals surface area contributed by atoms with Crippen molar-refractivity contribution in [3.8, 4) is 0 Å². The normalized spacial score (nSPS) is 41.8. The standard InChI is InChI=1S/C17H28N2O2.ClH/c18-17(1-3-21-4-2-17)15(20)19-11-16-8-12-5-13(9-16)7-14(6-12)10-16;/h12-14H,1-11,18H2,(H,19,20);1H. The maximum Gasteiger partial charge on any atom is 0.240 e. The lowest BCUT2D eigenvalue weighted by atomic mass is 9.49. The molecule has 5 rings (SSSR count). The van der Waals surface area contributed by atoms with Crippen molar-refractivity contribution in [3.05, 3.63) is 0 Å². The minimum Gasteiger partial charge on any atom is -0.381 e. The van der Waals surface area contributed by atoms with Gasteiger partial charge in [-0.15, -0.1) is 12.4 Å². The molecule has 5 fully saturated rings. The Morgan fingerprint density at radius 2 is 1.55 bits per heavy atom. The van der Waals surface area contributed by atoms with Crippen LogP contribution < -0.4 is 11.1 Å². The number of hydrogen-bond donors (Lipinski definition) is 2. The highest BCUT2D eigenvalue weighted by molar-refractivity contribution is 5.86. The van der Waals surface area contributed by atoms with Crippen LogP contribution in [0.25, 0.3) is 0 Å². The predicted octanol–water partition coefficient (Wildman–Crippen LogP) is 2.25. The van der Waals surface area contributed by atoms with Crippen LogP contribution in [0, 0.1) is 23.2 Å². The van der Waals surface area contributed by atoms with E-state index in [9.17, 15) is 4.79 Å². The van der Waals surface area contributed by atoms with Gasteiger partial charge in [-0.2, -0.15) is 0 Å². The van der Waals surface area contributed by atoms with Crippen molar-refractivity contribution in [2.24, 2.45) is 28.9 Å². The van der Waals surface area contributed by atoms with Gasteiger partial charge in [0, 0.05) is 19.8 Å². The molecule has 0 aromatic heterocycles. The molecule has 0 aromatic carbocycles. The summed E-state index contributed by atoms with van der Waals surface area (Å²) in [6.45, 7) is 2.08. The van der Waals surface area contributed by atoms with Crippen molar-refractivity contribution in [3.63, 3.8) is 0 Å². The maximum absolute atomic E-state index is 12.5. The van der Waals surface area contributed by atoms with E-state index in [4.69, 9.17) is 10.5 Å². The Balaban J connectivity index is 0.00000144. The highest BCUT2D eigenvalue weighted by atomic mass is 35.5. The molecule has 1 saturated heterocycles. The van der Waals surface area contributed by atoms with Gasteiger partial charge in [0.2, 0.25) is 5.91 Å². The van der Waals surface area contributed by atoms with Gasteiger partial charge in [0.1, 0.15) is 0 Å². The molecule has 22 heavy (non-hydrogen) atoms. The molecule has 1 aliphatic heterocycles. The maximum atomic E-state index is 12.5. The largest absolute Gasteiger partial charge is 0.381 e. The third-order valence-corrected chi connectivity index (χ3v) is 6.63. The van der Waals surface area contributed by atoms with Gasteiger partial charge in [0.05, 0.1) is 5.54 Å². The zero-order chi connectivity index (χ0) is 14.5. The molecule has 4 bridgehead atoms. The number of amides is 1.